The van der Waals surface area contributed by atoms with E-state index in [-0.39, 0.29) is 5.91 Å². The lowest BCUT2D eigenvalue weighted by Crippen LogP contribution is -2.25. The first kappa shape index (κ1) is 13.8. The molecule has 2 rings (SSSR count). The van der Waals surface area contributed by atoms with Gasteiger partial charge in [0.2, 0.25) is 0 Å². The maximum Gasteiger partial charge on any atom is 0.251 e. The van der Waals surface area contributed by atoms with E-state index in [2.05, 4.69) is 24.1 Å². The number of thiazole rings is 1. The Balaban J connectivity index is 2.18. The molecule has 4 nitrogen and oxygen atoms in total. The van der Waals surface area contributed by atoms with Gasteiger partial charge in [-0.2, -0.15) is 0 Å². The maximum absolute atomic E-state index is 12.1. The SMILES string of the molecule is Cc1cc(C(=O)NCCC(C)C)cc2sc(N)nc12. The molecular formula is C14H19N3OS. The van der Waals surface area contributed by atoms with Crippen LogP contribution in [-0.4, -0.2) is 17.4 Å². The van der Waals surface area contributed by atoms with Crippen LogP contribution >= 0.6 is 11.3 Å². The number of amides is 1. The fraction of sp³-hybridized carbons (Fsp3) is 0.429. The summed E-state index contributed by atoms with van der Waals surface area (Å²) in [7, 11) is 0. The molecule has 5 heteroatoms. The summed E-state index contributed by atoms with van der Waals surface area (Å²) < 4.78 is 0.964. The monoisotopic (exact) mass is 277 g/mol. The van der Waals surface area contributed by atoms with Crippen molar-refractivity contribution in [1.82, 2.24) is 10.3 Å². The van der Waals surface area contributed by atoms with Crippen molar-refractivity contribution in [3.05, 3.63) is 23.3 Å². The number of anilines is 1. The number of aromatic nitrogens is 1. The van der Waals surface area contributed by atoms with Gasteiger partial charge in [0.05, 0.1) is 10.2 Å². The number of carbonyl (C=O) groups excluding carboxylic acids is 1. The van der Waals surface area contributed by atoms with E-state index in [1.165, 1.54) is 11.3 Å². The van der Waals surface area contributed by atoms with Gasteiger partial charge in [0.15, 0.2) is 5.13 Å². The fourth-order valence-electron chi connectivity index (χ4n) is 1.92. The molecule has 3 N–H and O–H groups in total. The summed E-state index contributed by atoms with van der Waals surface area (Å²) in [4.78, 5) is 16.3. The smallest absolute Gasteiger partial charge is 0.251 e. The molecule has 0 fully saturated rings. The van der Waals surface area contributed by atoms with Crippen molar-refractivity contribution in [1.29, 1.82) is 0 Å². The zero-order valence-electron chi connectivity index (χ0n) is 11.5. The standard InChI is InChI=1S/C14H19N3OS/c1-8(2)4-5-16-13(18)10-6-9(3)12-11(7-10)19-14(15)17-12/h6-8H,4-5H2,1-3H3,(H2,15,17)(H,16,18). The van der Waals surface area contributed by atoms with Crippen LogP contribution in [0.25, 0.3) is 10.2 Å². The largest absolute Gasteiger partial charge is 0.375 e. The highest BCUT2D eigenvalue weighted by atomic mass is 32.1. The molecule has 0 bridgehead atoms. The van der Waals surface area contributed by atoms with Gasteiger partial charge in [-0.3, -0.25) is 4.79 Å². The van der Waals surface area contributed by atoms with Gasteiger partial charge in [0.25, 0.3) is 5.91 Å². The number of nitrogens with zero attached hydrogens (tertiary/aromatic N) is 1. The highest BCUT2D eigenvalue weighted by molar-refractivity contribution is 7.22. The van der Waals surface area contributed by atoms with Crippen molar-refractivity contribution >= 4 is 32.6 Å². The van der Waals surface area contributed by atoms with E-state index in [4.69, 9.17) is 5.73 Å². The average Bonchev–Trinajstić information content (AvgIpc) is 2.69. The number of hydrogen-bond donors (Lipinski definition) is 2. The van der Waals surface area contributed by atoms with E-state index >= 15 is 0 Å². The second-order valence-electron chi connectivity index (χ2n) is 5.13. The normalized spacial score (nSPS) is 11.2. The lowest BCUT2D eigenvalue weighted by molar-refractivity contribution is 0.0952. The minimum Gasteiger partial charge on any atom is -0.375 e. The summed E-state index contributed by atoms with van der Waals surface area (Å²) in [6, 6.07) is 3.73. The van der Waals surface area contributed by atoms with Crippen LogP contribution in [0.4, 0.5) is 5.13 Å². The molecule has 0 saturated carbocycles. The van der Waals surface area contributed by atoms with Gasteiger partial charge >= 0.3 is 0 Å². The van der Waals surface area contributed by atoms with Crippen LogP contribution in [0, 0.1) is 12.8 Å². The molecule has 0 aliphatic carbocycles. The lowest BCUT2D eigenvalue weighted by atomic mass is 10.1. The third-order valence-corrected chi connectivity index (χ3v) is 3.80. The number of benzene rings is 1. The number of aryl methyl sites for hydroxylation is 1. The molecule has 0 saturated heterocycles. The molecule has 1 aromatic heterocycles. The lowest BCUT2D eigenvalue weighted by Gasteiger charge is -2.08. The number of fused-ring (bicyclic) bond motifs is 1. The number of nitrogens with two attached hydrogens (primary N) is 1. The van der Waals surface area contributed by atoms with Gasteiger partial charge in [0.1, 0.15) is 0 Å². The Morgan fingerprint density at radius 2 is 2.21 bits per heavy atom. The predicted octanol–water partition coefficient (Wildman–Crippen LogP) is 2.96. The highest BCUT2D eigenvalue weighted by Crippen LogP contribution is 2.27. The van der Waals surface area contributed by atoms with Crippen LogP contribution in [0.1, 0.15) is 36.2 Å². The van der Waals surface area contributed by atoms with Crippen LogP contribution < -0.4 is 11.1 Å². The Bertz CT molecular complexity index is 604. The Hall–Kier alpha value is -1.62. The molecule has 2 aromatic rings. The summed E-state index contributed by atoms with van der Waals surface area (Å²) in [6.07, 6.45) is 0.987. The van der Waals surface area contributed by atoms with Crippen molar-refractivity contribution in [3.8, 4) is 0 Å². The second kappa shape index (κ2) is 5.57. The summed E-state index contributed by atoms with van der Waals surface area (Å²) in [5.41, 5.74) is 8.26. The van der Waals surface area contributed by atoms with E-state index < -0.39 is 0 Å². The van der Waals surface area contributed by atoms with E-state index in [0.29, 0.717) is 23.2 Å². The van der Waals surface area contributed by atoms with Gasteiger partial charge < -0.3 is 11.1 Å². The summed E-state index contributed by atoms with van der Waals surface area (Å²) in [5.74, 6) is 0.559. The molecule has 102 valence electrons. The van der Waals surface area contributed by atoms with Crippen molar-refractivity contribution in [2.24, 2.45) is 5.92 Å². The van der Waals surface area contributed by atoms with Crippen LogP contribution in [0.5, 0.6) is 0 Å². The molecule has 1 heterocycles. The Morgan fingerprint density at radius 1 is 1.47 bits per heavy atom. The van der Waals surface area contributed by atoms with Crippen molar-refractivity contribution in [3.63, 3.8) is 0 Å². The minimum atomic E-state index is -0.0300. The topological polar surface area (TPSA) is 68.0 Å². The van der Waals surface area contributed by atoms with E-state index in [1.54, 1.807) is 0 Å². The third kappa shape index (κ3) is 3.23. The van der Waals surface area contributed by atoms with Gasteiger partial charge in [-0.25, -0.2) is 4.98 Å². The molecule has 19 heavy (non-hydrogen) atoms. The van der Waals surface area contributed by atoms with E-state index in [0.717, 1.165) is 22.2 Å². The van der Waals surface area contributed by atoms with E-state index in [9.17, 15) is 4.79 Å². The Kier molecular flexibility index (Phi) is 4.04. The zero-order valence-corrected chi connectivity index (χ0v) is 12.3. The van der Waals surface area contributed by atoms with Crippen LogP contribution in [0.15, 0.2) is 12.1 Å². The molecule has 0 radical (unpaired) electrons. The molecule has 0 aliphatic rings. The third-order valence-electron chi connectivity index (χ3n) is 2.97. The second-order valence-corrected chi connectivity index (χ2v) is 6.19. The Morgan fingerprint density at radius 3 is 2.89 bits per heavy atom. The zero-order chi connectivity index (χ0) is 14.0. The number of nitrogens with one attached hydrogen (secondary N) is 1. The quantitative estimate of drug-likeness (QED) is 0.902. The summed E-state index contributed by atoms with van der Waals surface area (Å²) in [6.45, 7) is 6.94. The van der Waals surface area contributed by atoms with Gasteiger partial charge in [-0.15, -0.1) is 0 Å². The number of rotatable bonds is 4. The highest BCUT2D eigenvalue weighted by Gasteiger charge is 2.11. The Labute approximate surface area is 117 Å². The van der Waals surface area contributed by atoms with Gasteiger partial charge in [-0.05, 0) is 37.0 Å². The molecule has 1 aromatic carbocycles. The number of hydrogen-bond acceptors (Lipinski definition) is 4. The predicted molar refractivity (Wildman–Crippen MR) is 80.6 cm³/mol. The summed E-state index contributed by atoms with van der Waals surface area (Å²) in [5, 5.41) is 3.48. The average molecular weight is 277 g/mol. The molecule has 0 atom stereocenters. The van der Waals surface area contributed by atoms with Crippen molar-refractivity contribution < 1.29 is 4.79 Å². The molecule has 0 aliphatic heterocycles. The minimum absolute atomic E-state index is 0.0300. The first-order valence-corrected chi connectivity index (χ1v) is 7.24. The molecular weight excluding hydrogens is 258 g/mol. The van der Waals surface area contributed by atoms with Gasteiger partial charge in [0, 0.05) is 12.1 Å². The number of carbonyl (C=O) groups is 1. The first-order valence-electron chi connectivity index (χ1n) is 6.42. The number of nitrogen functional groups attached to an aromatic ring is 1. The summed E-state index contributed by atoms with van der Waals surface area (Å²) >= 11 is 1.41. The van der Waals surface area contributed by atoms with Crippen LogP contribution in [0.2, 0.25) is 0 Å². The van der Waals surface area contributed by atoms with Crippen molar-refractivity contribution in [2.75, 3.05) is 12.3 Å². The van der Waals surface area contributed by atoms with Crippen LogP contribution in [0.3, 0.4) is 0 Å². The van der Waals surface area contributed by atoms with Gasteiger partial charge in [-0.1, -0.05) is 25.2 Å². The molecule has 0 spiro atoms. The van der Waals surface area contributed by atoms with Crippen LogP contribution in [-0.2, 0) is 0 Å². The van der Waals surface area contributed by atoms with Crippen molar-refractivity contribution in [2.45, 2.75) is 27.2 Å². The first-order chi connectivity index (χ1) is 8.97. The molecule has 0 unspecified atom stereocenters. The molecule has 1 amide bonds. The van der Waals surface area contributed by atoms with E-state index in [1.807, 2.05) is 19.1 Å². The maximum atomic E-state index is 12.1. The fourth-order valence-corrected chi connectivity index (χ4v) is 2.77.